The lowest BCUT2D eigenvalue weighted by atomic mass is 9.82. The van der Waals surface area contributed by atoms with E-state index in [-0.39, 0.29) is 23.6 Å². The van der Waals surface area contributed by atoms with Crippen LogP contribution in [-0.2, 0) is 4.74 Å². The molecule has 1 aromatic heterocycles. The van der Waals surface area contributed by atoms with Crippen LogP contribution in [-0.4, -0.2) is 16.8 Å². The van der Waals surface area contributed by atoms with Crippen molar-refractivity contribution < 1.29 is 19.0 Å². The summed E-state index contributed by atoms with van der Waals surface area (Å²) in [5.74, 6) is 0.597. The minimum Gasteiger partial charge on any atom is -0.507 e. The second-order valence-electron chi connectivity index (χ2n) is 7.17. The highest BCUT2D eigenvalue weighted by Crippen LogP contribution is 2.52. The van der Waals surface area contributed by atoms with E-state index in [4.69, 9.17) is 13.9 Å². The number of allylic oxidation sites excluding steroid dienone is 1. The second kappa shape index (κ2) is 5.11. The molecule has 0 spiro atoms. The van der Waals surface area contributed by atoms with Crippen molar-refractivity contribution in [3.63, 3.8) is 0 Å². The van der Waals surface area contributed by atoms with Gasteiger partial charge in [0.1, 0.15) is 22.7 Å². The van der Waals surface area contributed by atoms with Crippen LogP contribution < -0.4 is 10.4 Å². The minimum absolute atomic E-state index is 0.0456. The highest BCUT2D eigenvalue weighted by Gasteiger charge is 2.46. The molecule has 3 heterocycles. The first-order valence-corrected chi connectivity index (χ1v) is 8.14. The van der Waals surface area contributed by atoms with Gasteiger partial charge in [-0.1, -0.05) is 11.6 Å². The van der Waals surface area contributed by atoms with Crippen LogP contribution in [0.5, 0.6) is 11.5 Å². The summed E-state index contributed by atoms with van der Waals surface area (Å²) in [6, 6.07) is 4.55. The fourth-order valence-electron chi connectivity index (χ4n) is 3.79. The molecule has 2 aliphatic rings. The standard InChI is InChI=1S/C19H20O5/c1-10(2)6-11-8-19(3)9-15(22-11)17-14(24-19)7-13-12(18(17)21)4-5-16(20)23-13/h4-7,11,15,21H,8-9H2,1-3H3. The SMILES string of the molecule is CC(C)=CC1CC2(C)CC(O1)c1c(cc3oc(=O)ccc3c1O)O2. The summed E-state index contributed by atoms with van der Waals surface area (Å²) in [6.07, 6.45) is 3.23. The topological polar surface area (TPSA) is 68.9 Å². The van der Waals surface area contributed by atoms with Crippen molar-refractivity contribution in [1.29, 1.82) is 0 Å². The average molecular weight is 328 g/mol. The minimum atomic E-state index is -0.455. The van der Waals surface area contributed by atoms with Crippen molar-refractivity contribution in [1.82, 2.24) is 0 Å². The maximum atomic E-state index is 11.4. The molecule has 2 bridgehead atoms. The summed E-state index contributed by atoms with van der Waals surface area (Å²) in [5.41, 5.74) is 1.32. The van der Waals surface area contributed by atoms with Gasteiger partial charge in [-0.25, -0.2) is 4.79 Å². The predicted octanol–water partition coefficient (Wildman–Crippen LogP) is 3.84. The van der Waals surface area contributed by atoms with Gasteiger partial charge in [-0.3, -0.25) is 0 Å². The number of fused-ring (bicyclic) bond motifs is 5. The molecule has 4 rings (SSSR count). The zero-order valence-electron chi connectivity index (χ0n) is 14.0. The summed E-state index contributed by atoms with van der Waals surface area (Å²) in [5, 5.41) is 11.2. The van der Waals surface area contributed by atoms with E-state index in [9.17, 15) is 9.90 Å². The number of rotatable bonds is 1. The third-order valence-electron chi connectivity index (χ3n) is 4.69. The predicted molar refractivity (Wildman–Crippen MR) is 89.5 cm³/mol. The maximum Gasteiger partial charge on any atom is 0.336 e. The number of phenolic OH excluding ortho intramolecular Hbond substituents is 1. The highest BCUT2D eigenvalue weighted by molar-refractivity contribution is 5.87. The second-order valence-corrected chi connectivity index (χ2v) is 7.17. The molecule has 24 heavy (non-hydrogen) atoms. The van der Waals surface area contributed by atoms with E-state index in [0.29, 0.717) is 28.7 Å². The Balaban J connectivity index is 1.88. The molecule has 126 valence electrons. The third kappa shape index (κ3) is 2.40. The lowest BCUT2D eigenvalue weighted by Crippen LogP contribution is -2.46. The van der Waals surface area contributed by atoms with Crippen LogP contribution in [0.1, 0.15) is 45.3 Å². The largest absolute Gasteiger partial charge is 0.507 e. The van der Waals surface area contributed by atoms with E-state index in [1.54, 1.807) is 12.1 Å². The van der Waals surface area contributed by atoms with Crippen LogP contribution in [0.4, 0.5) is 0 Å². The van der Waals surface area contributed by atoms with Gasteiger partial charge in [-0.15, -0.1) is 0 Å². The van der Waals surface area contributed by atoms with Gasteiger partial charge in [0.2, 0.25) is 0 Å². The number of hydrogen-bond donors (Lipinski definition) is 1. The first-order chi connectivity index (χ1) is 11.3. The molecule has 5 heteroatoms. The van der Waals surface area contributed by atoms with Crippen LogP contribution in [0.2, 0.25) is 0 Å². The summed E-state index contributed by atoms with van der Waals surface area (Å²) in [7, 11) is 0. The lowest BCUT2D eigenvalue weighted by Gasteiger charge is -2.46. The molecule has 2 aromatic rings. The molecule has 0 aliphatic carbocycles. The molecular formula is C19H20O5. The van der Waals surface area contributed by atoms with E-state index in [2.05, 4.69) is 13.0 Å². The Bertz CT molecular complexity index is 906. The van der Waals surface area contributed by atoms with Crippen molar-refractivity contribution in [2.45, 2.75) is 51.4 Å². The van der Waals surface area contributed by atoms with E-state index in [1.165, 1.54) is 11.6 Å². The smallest absolute Gasteiger partial charge is 0.336 e. The Morgan fingerprint density at radius 1 is 1.33 bits per heavy atom. The molecule has 1 saturated heterocycles. The fourth-order valence-corrected chi connectivity index (χ4v) is 3.79. The van der Waals surface area contributed by atoms with Gasteiger partial charge in [0.25, 0.3) is 0 Å². The Morgan fingerprint density at radius 2 is 2.12 bits per heavy atom. The molecule has 1 N–H and O–H groups in total. The van der Waals surface area contributed by atoms with Gasteiger partial charge in [-0.2, -0.15) is 0 Å². The molecule has 0 radical (unpaired) electrons. The van der Waals surface area contributed by atoms with Crippen LogP contribution in [0, 0.1) is 0 Å². The average Bonchev–Trinajstić information content (AvgIpc) is 2.44. The number of aromatic hydroxyl groups is 1. The van der Waals surface area contributed by atoms with Gasteiger partial charge in [-0.05, 0) is 26.8 Å². The van der Waals surface area contributed by atoms with Crippen molar-refractivity contribution in [2.24, 2.45) is 0 Å². The first kappa shape index (κ1) is 15.3. The number of ether oxygens (including phenoxy) is 2. The van der Waals surface area contributed by atoms with E-state index in [1.807, 2.05) is 13.8 Å². The molecule has 3 atom stereocenters. The lowest BCUT2D eigenvalue weighted by molar-refractivity contribution is -0.128. The highest BCUT2D eigenvalue weighted by atomic mass is 16.5. The zero-order valence-corrected chi connectivity index (χ0v) is 14.0. The van der Waals surface area contributed by atoms with Crippen LogP contribution in [0.25, 0.3) is 11.0 Å². The van der Waals surface area contributed by atoms with Crippen LogP contribution in [0.3, 0.4) is 0 Å². The third-order valence-corrected chi connectivity index (χ3v) is 4.69. The summed E-state index contributed by atoms with van der Waals surface area (Å²) in [4.78, 5) is 11.4. The normalized spacial score (nSPS) is 28.1. The van der Waals surface area contributed by atoms with Gasteiger partial charge in [0, 0.05) is 25.0 Å². The molecular weight excluding hydrogens is 308 g/mol. The quantitative estimate of drug-likeness (QED) is 0.636. The van der Waals surface area contributed by atoms with Gasteiger partial charge >= 0.3 is 5.63 Å². The molecule has 5 nitrogen and oxygen atoms in total. The Morgan fingerprint density at radius 3 is 2.88 bits per heavy atom. The molecule has 1 fully saturated rings. The molecule has 2 aliphatic heterocycles. The molecule has 1 aromatic carbocycles. The zero-order chi connectivity index (χ0) is 17.1. The van der Waals surface area contributed by atoms with Crippen molar-refractivity contribution in [2.75, 3.05) is 0 Å². The molecule has 3 unspecified atom stereocenters. The fraction of sp³-hybridized carbons (Fsp3) is 0.421. The van der Waals surface area contributed by atoms with Crippen molar-refractivity contribution in [3.8, 4) is 11.5 Å². The molecule has 0 amide bonds. The first-order valence-electron chi connectivity index (χ1n) is 8.14. The van der Waals surface area contributed by atoms with Crippen LogP contribution in [0.15, 0.2) is 39.1 Å². The van der Waals surface area contributed by atoms with Gasteiger partial charge in [0.15, 0.2) is 0 Å². The van der Waals surface area contributed by atoms with E-state index < -0.39 is 5.63 Å². The van der Waals surface area contributed by atoms with E-state index in [0.717, 1.165) is 6.42 Å². The summed E-state index contributed by atoms with van der Waals surface area (Å²) >= 11 is 0. The Hall–Kier alpha value is -2.27. The summed E-state index contributed by atoms with van der Waals surface area (Å²) < 4.78 is 17.6. The summed E-state index contributed by atoms with van der Waals surface area (Å²) in [6.45, 7) is 6.13. The van der Waals surface area contributed by atoms with Gasteiger partial charge < -0.3 is 19.0 Å². The van der Waals surface area contributed by atoms with Crippen molar-refractivity contribution in [3.05, 3.63) is 45.8 Å². The van der Waals surface area contributed by atoms with Crippen molar-refractivity contribution >= 4 is 11.0 Å². The number of benzene rings is 1. The maximum absolute atomic E-state index is 11.4. The van der Waals surface area contributed by atoms with Crippen LogP contribution >= 0.6 is 0 Å². The van der Waals surface area contributed by atoms with E-state index >= 15 is 0 Å². The Kier molecular flexibility index (Phi) is 3.25. The number of phenols is 1. The number of hydrogen-bond acceptors (Lipinski definition) is 5. The molecule has 0 saturated carbocycles. The Labute approximate surface area is 139 Å². The monoisotopic (exact) mass is 328 g/mol. The van der Waals surface area contributed by atoms with Gasteiger partial charge in [0.05, 0.1) is 23.2 Å².